The molecule has 0 N–H and O–H groups in total. The van der Waals surface area contributed by atoms with Gasteiger partial charge >= 0.3 is 0 Å². The first kappa shape index (κ1) is 11.9. The molecule has 0 bridgehead atoms. The number of nitrogens with zero attached hydrogens (tertiary/aromatic N) is 2. The van der Waals surface area contributed by atoms with Crippen LogP contribution in [0, 0.1) is 3.57 Å². The number of halogens is 1. The van der Waals surface area contributed by atoms with Crippen LogP contribution >= 0.6 is 22.6 Å². The van der Waals surface area contributed by atoms with Gasteiger partial charge in [-0.1, -0.05) is 18.2 Å². The summed E-state index contributed by atoms with van der Waals surface area (Å²) in [5.74, 6) is 0. The Bertz CT molecular complexity index is 910. The second-order valence-electron chi connectivity index (χ2n) is 4.72. The highest BCUT2D eigenvalue weighted by Crippen LogP contribution is 2.32. The molecule has 2 nitrogen and oxygen atoms in total. The minimum Gasteiger partial charge on any atom is -0.309 e. The zero-order valence-electron chi connectivity index (χ0n) is 10.6. The molecule has 0 atom stereocenters. The minimum atomic E-state index is 1.15. The van der Waals surface area contributed by atoms with Crippen LogP contribution in [0.4, 0.5) is 0 Å². The number of pyridine rings is 1. The Labute approximate surface area is 130 Å². The van der Waals surface area contributed by atoms with Gasteiger partial charge in [0.15, 0.2) is 0 Å². The first-order valence-corrected chi connectivity index (χ1v) is 7.51. The van der Waals surface area contributed by atoms with Gasteiger partial charge in [0.2, 0.25) is 0 Å². The second kappa shape index (κ2) is 4.59. The number of rotatable bonds is 1. The van der Waals surface area contributed by atoms with Gasteiger partial charge < -0.3 is 4.57 Å². The summed E-state index contributed by atoms with van der Waals surface area (Å²) in [6, 6.07) is 19.2. The smallest absolute Gasteiger partial charge is 0.0541 e. The summed E-state index contributed by atoms with van der Waals surface area (Å²) < 4.78 is 3.55. The predicted molar refractivity (Wildman–Crippen MR) is 91.3 cm³/mol. The lowest BCUT2D eigenvalue weighted by molar-refractivity contribution is 1.15. The van der Waals surface area contributed by atoms with E-state index in [-0.39, 0.29) is 0 Å². The maximum atomic E-state index is 4.11. The Morgan fingerprint density at radius 2 is 1.55 bits per heavy atom. The molecular formula is C17H11IN2. The summed E-state index contributed by atoms with van der Waals surface area (Å²) in [6.07, 6.45) is 3.67. The normalized spacial score (nSPS) is 11.2. The Morgan fingerprint density at radius 1 is 0.800 bits per heavy atom. The lowest BCUT2D eigenvalue weighted by Crippen LogP contribution is -1.93. The highest BCUT2D eigenvalue weighted by molar-refractivity contribution is 14.1. The van der Waals surface area contributed by atoms with Crippen LogP contribution in [-0.2, 0) is 0 Å². The van der Waals surface area contributed by atoms with Crippen molar-refractivity contribution in [3.05, 3.63) is 70.6 Å². The third kappa shape index (κ3) is 1.73. The molecule has 0 fully saturated rings. The summed E-state index contributed by atoms with van der Waals surface area (Å²) >= 11 is 2.37. The Morgan fingerprint density at radius 3 is 2.40 bits per heavy atom. The summed E-state index contributed by atoms with van der Waals surface area (Å²) in [5, 5.41) is 2.59. The maximum Gasteiger partial charge on any atom is 0.0541 e. The molecule has 0 aliphatic carbocycles. The van der Waals surface area contributed by atoms with E-state index in [0.29, 0.717) is 0 Å². The minimum absolute atomic E-state index is 1.15. The highest BCUT2D eigenvalue weighted by atomic mass is 127. The molecule has 4 rings (SSSR count). The fourth-order valence-corrected chi connectivity index (χ4v) is 3.21. The predicted octanol–water partition coefficient (Wildman–Crippen LogP) is 4.78. The van der Waals surface area contributed by atoms with Crippen molar-refractivity contribution in [2.24, 2.45) is 0 Å². The van der Waals surface area contributed by atoms with Gasteiger partial charge in [0.1, 0.15) is 0 Å². The first-order chi connectivity index (χ1) is 9.84. The van der Waals surface area contributed by atoms with Gasteiger partial charge in [0.25, 0.3) is 0 Å². The average Bonchev–Trinajstić information content (AvgIpc) is 2.82. The molecule has 2 heterocycles. The standard InChI is InChI=1S/C17H11IN2/c18-12-5-6-17-15(11-12)14-3-1-2-4-16(14)20(17)13-7-9-19-10-8-13/h1-11H. The molecular weight excluding hydrogens is 359 g/mol. The third-order valence-corrected chi connectivity index (χ3v) is 4.23. The quantitative estimate of drug-likeness (QED) is 0.441. The van der Waals surface area contributed by atoms with Crippen molar-refractivity contribution in [3.8, 4) is 5.69 Å². The van der Waals surface area contributed by atoms with Crippen LogP contribution in [0.2, 0.25) is 0 Å². The number of aromatic nitrogens is 2. The van der Waals surface area contributed by atoms with E-state index >= 15 is 0 Å². The number of fused-ring (bicyclic) bond motifs is 3. The molecule has 0 aliphatic heterocycles. The van der Waals surface area contributed by atoms with Gasteiger partial charge in [0.05, 0.1) is 11.0 Å². The summed E-state index contributed by atoms with van der Waals surface area (Å²) in [4.78, 5) is 4.11. The van der Waals surface area contributed by atoms with Crippen LogP contribution in [-0.4, -0.2) is 9.55 Å². The van der Waals surface area contributed by atoms with Crippen molar-refractivity contribution in [1.29, 1.82) is 0 Å². The van der Waals surface area contributed by atoms with Gasteiger partial charge in [-0.2, -0.15) is 0 Å². The molecule has 4 aromatic rings. The molecule has 0 spiro atoms. The van der Waals surface area contributed by atoms with Crippen molar-refractivity contribution >= 4 is 44.4 Å². The van der Waals surface area contributed by atoms with Crippen molar-refractivity contribution in [2.45, 2.75) is 0 Å². The maximum absolute atomic E-state index is 4.11. The SMILES string of the molecule is Ic1ccc2c(c1)c1ccccc1n2-c1ccncc1. The fraction of sp³-hybridized carbons (Fsp3) is 0. The lowest BCUT2D eigenvalue weighted by Gasteiger charge is -2.06. The molecule has 2 aromatic carbocycles. The van der Waals surface area contributed by atoms with E-state index < -0.39 is 0 Å². The molecule has 20 heavy (non-hydrogen) atoms. The van der Waals surface area contributed by atoms with Crippen LogP contribution < -0.4 is 0 Å². The molecule has 0 aliphatic rings. The Balaban J connectivity index is 2.22. The second-order valence-corrected chi connectivity index (χ2v) is 5.97. The highest BCUT2D eigenvalue weighted by Gasteiger charge is 2.11. The zero-order chi connectivity index (χ0) is 13.5. The molecule has 96 valence electrons. The lowest BCUT2D eigenvalue weighted by atomic mass is 10.2. The van der Waals surface area contributed by atoms with E-state index in [2.05, 4.69) is 74.6 Å². The molecule has 3 heteroatoms. The molecule has 0 unspecified atom stereocenters. The largest absolute Gasteiger partial charge is 0.309 e. The van der Waals surface area contributed by atoms with Crippen molar-refractivity contribution in [2.75, 3.05) is 0 Å². The molecule has 2 aromatic heterocycles. The van der Waals surface area contributed by atoms with Crippen LogP contribution in [0.15, 0.2) is 67.0 Å². The summed E-state index contributed by atoms with van der Waals surface area (Å²) in [7, 11) is 0. The van der Waals surface area contributed by atoms with Crippen molar-refractivity contribution in [1.82, 2.24) is 9.55 Å². The van der Waals surface area contributed by atoms with E-state index in [1.807, 2.05) is 24.5 Å². The zero-order valence-corrected chi connectivity index (χ0v) is 12.8. The first-order valence-electron chi connectivity index (χ1n) is 6.44. The van der Waals surface area contributed by atoms with E-state index in [9.17, 15) is 0 Å². The third-order valence-electron chi connectivity index (χ3n) is 3.56. The Hall–Kier alpha value is -1.88. The van der Waals surface area contributed by atoms with Crippen molar-refractivity contribution in [3.63, 3.8) is 0 Å². The van der Waals surface area contributed by atoms with E-state index in [1.165, 1.54) is 25.4 Å². The molecule has 0 amide bonds. The Kier molecular flexibility index (Phi) is 2.73. The molecule has 0 saturated heterocycles. The molecule has 0 radical (unpaired) electrons. The number of hydrogen-bond donors (Lipinski definition) is 0. The topological polar surface area (TPSA) is 17.8 Å². The van der Waals surface area contributed by atoms with Gasteiger partial charge in [-0.25, -0.2) is 0 Å². The number of para-hydroxylation sites is 1. The molecule has 0 saturated carbocycles. The van der Waals surface area contributed by atoms with Crippen LogP contribution in [0.5, 0.6) is 0 Å². The van der Waals surface area contributed by atoms with Gasteiger partial charge in [-0.15, -0.1) is 0 Å². The van der Waals surface area contributed by atoms with Crippen LogP contribution in [0.25, 0.3) is 27.5 Å². The fourth-order valence-electron chi connectivity index (χ4n) is 2.72. The average molecular weight is 370 g/mol. The summed E-state index contributed by atoms with van der Waals surface area (Å²) in [5.41, 5.74) is 3.61. The van der Waals surface area contributed by atoms with E-state index in [0.717, 1.165) is 5.69 Å². The number of benzene rings is 2. The van der Waals surface area contributed by atoms with E-state index in [4.69, 9.17) is 0 Å². The number of hydrogen-bond acceptors (Lipinski definition) is 1. The van der Waals surface area contributed by atoms with Crippen LogP contribution in [0.1, 0.15) is 0 Å². The monoisotopic (exact) mass is 370 g/mol. The van der Waals surface area contributed by atoms with E-state index in [1.54, 1.807) is 0 Å². The van der Waals surface area contributed by atoms with Gasteiger partial charge in [-0.3, -0.25) is 4.98 Å². The summed E-state index contributed by atoms with van der Waals surface area (Å²) in [6.45, 7) is 0. The van der Waals surface area contributed by atoms with Gasteiger partial charge in [0, 0.05) is 32.4 Å². The van der Waals surface area contributed by atoms with Crippen LogP contribution in [0.3, 0.4) is 0 Å². The van der Waals surface area contributed by atoms with Crippen molar-refractivity contribution < 1.29 is 0 Å². The van der Waals surface area contributed by atoms with Gasteiger partial charge in [-0.05, 0) is 59.0 Å².